The molecule has 0 aromatic rings. The summed E-state index contributed by atoms with van der Waals surface area (Å²) in [5, 5.41) is 3.61. The lowest BCUT2D eigenvalue weighted by Crippen LogP contribution is -1.93. The average molecular weight is 475 g/mol. The molecule has 0 aliphatic carbocycles. The van der Waals surface area contributed by atoms with Gasteiger partial charge < -0.3 is 9.47 Å². The van der Waals surface area contributed by atoms with Crippen molar-refractivity contribution in [3.05, 3.63) is 67.0 Å². The van der Waals surface area contributed by atoms with E-state index < -0.39 is 11.9 Å². The summed E-state index contributed by atoms with van der Waals surface area (Å²) < 4.78 is 9.14. The van der Waals surface area contributed by atoms with Crippen LogP contribution in [0.1, 0.15) is 0 Å². The van der Waals surface area contributed by atoms with Crippen LogP contribution in [0.5, 0.6) is 0 Å². The van der Waals surface area contributed by atoms with E-state index in [2.05, 4.69) is 25.4 Å². The van der Waals surface area contributed by atoms with E-state index in [1.807, 2.05) is 5.41 Å². The lowest BCUT2D eigenvalue weighted by Gasteiger charge is -2.01. The molecule has 9 heteroatoms. The normalized spacial score (nSPS) is 16.9. The summed E-state index contributed by atoms with van der Waals surface area (Å²) in [5.41, 5.74) is 0. The first kappa shape index (κ1) is 22.6. The van der Waals surface area contributed by atoms with Crippen LogP contribution in [0.2, 0.25) is 0 Å². The quantitative estimate of drug-likeness (QED) is 0.285. The van der Waals surface area contributed by atoms with Crippen LogP contribution in [0.3, 0.4) is 0 Å². The average Bonchev–Trinajstić information content (AvgIpc) is 3.07. The molecule has 0 spiro atoms. The van der Waals surface area contributed by atoms with Crippen LogP contribution in [0.4, 0.5) is 0 Å². The summed E-state index contributed by atoms with van der Waals surface area (Å²) in [7, 11) is 2.60. The summed E-state index contributed by atoms with van der Waals surface area (Å²) in [6.45, 7) is 0. The van der Waals surface area contributed by atoms with Gasteiger partial charge in [-0.25, -0.2) is 9.59 Å². The van der Waals surface area contributed by atoms with Gasteiger partial charge >= 0.3 is 11.9 Å². The molecule has 1 rings (SSSR count). The van der Waals surface area contributed by atoms with E-state index >= 15 is 0 Å². The minimum atomic E-state index is -0.471. The molecule has 0 fully saturated rings. The van der Waals surface area contributed by atoms with Gasteiger partial charge in [-0.2, -0.15) is 0 Å². The summed E-state index contributed by atoms with van der Waals surface area (Å²) in [4.78, 5) is 37.7. The topological polar surface area (TPSA) is 69.7 Å². The number of hydrogen-bond donors (Lipinski definition) is 0. The Morgan fingerprint density at radius 3 is 2.12 bits per heavy atom. The first-order valence-corrected chi connectivity index (χ1v) is 10.4. The van der Waals surface area contributed by atoms with Gasteiger partial charge in [-0.1, -0.05) is 39.5 Å². The third-order valence-corrected chi connectivity index (χ3v) is 6.22. The third kappa shape index (κ3) is 9.33. The number of carbonyl (C=O) groups is 3. The fourth-order valence-corrected chi connectivity index (χ4v) is 3.98. The first-order chi connectivity index (χ1) is 12.5. The molecule has 0 aromatic carbocycles. The van der Waals surface area contributed by atoms with Gasteiger partial charge in [-0.3, -0.25) is 4.79 Å². The Morgan fingerprint density at radius 2 is 1.62 bits per heavy atom. The molecule has 138 valence electrons. The van der Waals surface area contributed by atoms with Crippen LogP contribution in [0.25, 0.3) is 0 Å². The van der Waals surface area contributed by atoms with Crippen LogP contribution in [-0.2, 0) is 23.9 Å². The van der Waals surface area contributed by atoms with Gasteiger partial charge in [0.2, 0.25) is 5.12 Å². The number of ether oxygens (including phenoxy) is 2. The maximum absolute atomic E-state index is 11.3. The van der Waals surface area contributed by atoms with Crippen molar-refractivity contribution in [2.45, 2.75) is 0 Å². The first-order valence-electron chi connectivity index (χ1n) is 6.94. The second-order valence-electron chi connectivity index (χ2n) is 4.26. The van der Waals surface area contributed by atoms with E-state index in [4.69, 9.17) is 0 Å². The summed E-state index contributed by atoms with van der Waals surface area (Å²) in [5.74, 6) is -0.928. The van der Waals surface area contributed by atoms with Crippen LogP contribution in [0.15, 0.2) is 67.0 Å². The van der Waals surface area contributed by atoms with Crippen molar-refractivity contribution in [2.75, 3.05) is 14.2 Å². The lowest BCUT2D eigenvalue weighted by atomic mass is 10.5. The van der Waals surface area contributed by atoms with Gasteiger partial charge in [0, 0.05) is 26.9 Å². The Morgan fingerprint density at radius 1 is 1.00 bits per heavy atom. The number of thioether (sulfide) groups is 3. The van der Waals surface area contributed by atoms with E-state index in [1.54, 1.807) is 28.6 Å². The van der Waals surface area contributed by atoms with Gasteiger partial charge in [-0.15, -0.1) is 0 Å². The summed E-state index contributed by atoms with van der Waals surface area (Å²) >= 11 is 7.07. The highest BCUT2D eigenvalue weighted by molar-refractivity contribution is 9.11. The molecule has 0 amide bonds. The second kappa shape index (κ2) is 12.9. The van der Waals surface area contributed by atoms with Crippen molar-refractivity contribution in [3.63, 3.8) is 0 Å². The minimum Gasteiger partial charge on any atom is -0.466 e. The van der Waals surface area contributed by atoms with Crippen molar-refractivity contribution in [1.29, 1.82) is 0 Å². The van der Waals surface area contributed by atoms with E-state index in [0.29, 0.717) is 0 Å². The predicted molar refractivity (Wildman–Crippen MR) is 112 cm³/mol. The molecule has 5 nitrogen and oxygen atoms in total. The highest BCUT2D eigenvalue weighted by atomic mass is 79.9. The number of halogens is 1. The van der Waals surface area contributed by atoms with Gasteiger partial charge in [0.05, 0.1) is 14.2 Å². The zero-order valence-corrected chi connectivity index (χ0v) is 17.9. The van der Waals surface area contributed by atoms with Gasteiger partial charge in [0.25, 0.3) is 0 Å². The molecule has 1 aliphatic heterocycles. The van der Waals surface area contributed by atoms with Crippen molar-refractivity contribution in [3.8, 4) is 0 Å². The fraction of sp³-hybridized carbons (Fsp3) is 0.118. The lowest BCUT2D eigenvalue weighted by molar-refractivity contribution is -0.135. The Balaban J connectivity index is 2.86. The minimum absolute atomic E-state index is 0.0145. The number of allylic oxidation sites excluding steroid dienone is 3. The second-order valence-corrected chi connectivity index (χ2v) is 7.68. The van der Waals surface area contributed by atoms with Gasteiger partial charge in [0.1, 0.15) is 0 Å². The number of rotatable bonds is 8. The smallest absolute Gasteiger partial charge is 0.330 e. The molecule has 0 saturated heterocycles. The van der Waals surface area contributed by atoms with Crippen LogP contribution >= 0.6 is 51.2 Å². The molecule has 0 unspecified atom stereocenters. The monoisotopic (exact) mass is 474 g/mol. The molecule has 0 atom stereocenters. The van der Waals surface area contributed by atoms with Crippen molar-refractivity contribution >= 4 is 68.3 Å². The molecule has 1 aliphatic rings. The highest BCUT2D eigenvalue weighted by Crippen LogP contribution is 2.33. The molecule has 0 radical (unpaired) electrons. The zero-order valence-electron chi connectivity index (χ0n) is 13.8. The van der Waals surface area contributed by atoms with Crippen LogP contribution < -0.4 is 0 Å². The third-order valence-electron chi connectivity index (χ3n) is 2.50. The predicted octanol–water partition coefficient (Wildman–Crippen LogP) is 4.66. The van der Waals surface area contributed by atoms with Gasteiger partial charge in [0.15, 0.2) is 0 Å². The number of methoxy groups -OCH3 is 2. The van der Waals surface area contributed by atoms with E-state index in [1.165, 1.54) is 56.0 Å². The largest absolute Gasteiger partial charge is 0.466 e. The molecular weight excluding hydrogens is 460 g/mol. The molecular formula is C17H15BrO5S3. The Hall–Kier alpha value is -1.42. The highest BCUT2D eigenvalue weighted by Gasteiger charge is 2.09. The van der Waals surface area contributed by atoms with Crippen LogP contribution in [0, 0.1) is 0 Å². The molecule has 26 heavy (non-hydrogen) atoms. The number of hydrogen-bond acceptors (Lipinski definition) is 8. The Labute approximate surface area is 172 Å². The molecule has 0 bridgehead atoms. The van der Waals surface area contributed by atoms with E-state index in [0.717, 1.165) is 26.5 Å². The standard InChI is InChI=1S/C17H15BrO5S3/c1-22-15(19)6-3-12(9-18)24-10-13(4-7-16(20)23-2)25-11-14-5-8-17(21)26-14/h3-11H,1-2H3/b6-3-,7-4-,12-9-,13-10-,14-11-. The number of carbonyl (C=O) groups excluding carboxylic acids is 3. The van der Waals surface area contributed by atoms with E-state index in [-0.39, 0.29) is 5.12 Å². The maximum Gasteiger partial charge on any atom is 0.330 e. The molecule has 0 aromatic heterocycles. The Bertz CT molecular complexity index is 733. The zero-order chi connectivity index (χ0) is 19.4. The van der Waals surface area contributed by atoms with Crippen molar-refractivity contribution < 1.29 is 23.9 Å². The van der Waals surface area contributed by atoms with Gasteiger partial charge in [-0.05, 0) is 51.9 Å². The molecule has 0 N–H and O–H groups in total. The van der Waals surface area contributed by atoms with Crippen molar-refractivity contribution in [2.24, 2.45) is 0 Å². The Kier molecular flexibility index (Phi) is 11.2. The molecule has 0 saturated carbocycles. The number of esters is 2. The maximum atomic E-state index is 11.3. The summed E-state index contributed by atoms with van der Waals surface area (Å²) in [6.07, 6.45) is 9.06. The SMILES string of the molecule is COC(=O)/C=C\C(=C\Br)S/C=C(/C=C\C(=O)OC)S/C=C1/C=CC(=O)S1. The fourth-order valence-electron chi connectivity index (χ4n) is 1.29. The van der Waals surface area contributed by atoms with Crippen molar-refractivity contribution in [1.82, 2.24) is 0 Å². The molecule has 1 heterocycles. The van der Waals surface area contributed by atoms with Crippen LogP contribution in [-0.4, -0.2) is 31.3 Å². The summed E-state index contributed by atoms with van der Waals surface area (Å²) in [6, 6.07) is 0. The van der Waals surface area contributed by atoms with E-state index in [9.17, 15) is 14.4 Å².